The van der Waals surface area contributed by atoms with Crippen molar-refractivity contribution in [2.24, 2.45) is 23.5 Å². The molecule has 5 rings (SSSR count). The summed E-state index contributed by atoms with van der Waals surface area (Å²) in [6.07, 6.45) is 23.9. The lowest BCUT2D eigenvalue weighted by molar-refractivity contribution is -0.138. The highest BCUT2D eigenvalue weighted by Gasteiger charge is 2.58. The first-order valence-corrected chi connectivity index (χ1v) is 17.1. The van der Waals surface area contributed by atoms with Gasteiger partial charge in [0, 0.05) is 19.0 Å². The molecule has 0 aromatic rings. The Labute approximate surface area is 243 Å². The van der Waals surface area contributed by atoms with Crippen LogP contribution in [0, 0.1) is 17.8 Å². The minimum atomic E-state index is -0.245. The number of amides is 4. The standard InChI is InChI=1S/C33H58N4O3/c1-2-3-4-5-6-7-8-9-10-11-12-16-30(38)35-29(15-13-14-17-34)24-36-25-31(39)37(32(36)40)33-21-26-18-27(22-33)20-28(19-26)23-33/h26-29H,2-25,34H2,1H3,(H,35,38)/t26?,27?,28?,29-,33?/m0/s1. The summed E-state index contributed by atoms with van der Waals surface area (Å²) < 4.78 is 0. The van der Waals surface area contributed by atoms with E-state index in [0.717, 1.165) is 51.4 Å². The van der Waals surface area contributed by atoms with Crippen LogP contribution in [-0.4, -0.2) is 58.9 Å². The quantitative estimate of drug-likeness (QED) is 0.131. The van der Waals surface area contributed by atoms with E-state index in [-0.39, 0.29) is 36.0 Å². The van der Waals surface area contributed by atoms with Gasteiger partial charge in [-0.15, -0.1) is 0 Å². The fourth-order valence-electron chi connectivity index (χ4n) is 8.76. The Hall–Kier alpha value is -1.63. The fourth-order valence-corrected chi connectivity index (χ4v) is 8.76. The van der Waals surface area contributed by atoms with Crippen LogP contribution in [-0.2, 0) is 9.59 Å². The molecule has 0 aromatic heterocycles. The number of rotatable bonds is 20. The van der Waals surface area contributed by atoms with Gasteiger partial charge >= 0.3 is 6.03 Å². The van der Waals surface area contributed by atoms with Gasteiger partial charge in [-0.1, -0.05) is 77.6 Å². The van der Waals surface area contributed by atoms with Crippen LogP contribution in [0.25, 0.3) is 0 Å². The summed E-state index contributed by atoms with van der Waals surface area (Å²) in [5.41, 5.74) is 5.49. The zero-order valence-electron chi connectivity index (χ0n) is 25.5. The SMILES string of the molecule is CCCCCCCCCCCCCC(=O)N[C@@H](CCCCN)CN1CC(=O)N(C23CC4CC(CC(C4)C2)C3)C1=O. The van der Waals surface area contributed by atoms with Gasteiger partial charge in [0.15, 0.2) is 0 Å². The summed E-state index contributed by atoms with van der Waals surface area (Å²) in [4.78, 5) is 43.2. The molecule has 4 bridgehead atoms. The van der Waals surface area contributed by atoms with Crippen LogP contribution in [0.1, 0.15) is 142 Å². The van der Waals surface area contributed by atoms with Gasteiger partial charge in [0.25, 0.3) is 5.91 Å². The molecule has 1 aliphatic heterocycles. The lowest BCUT2D eigenvalue weighted by Crippen LogP contribution is -2.62. The van der Waals surface area contributed by atoms with E-state index < -0.39 is 0 Å². The lowest BCUT2D eigenvalue weighted by atomic mass is 9.52. The van der Waals surface area contributed by atoms with Gasteiger partial charge in [0.1, 0.15) is 6.54 Å². The number of hydrogen-bond donors (Lipinski definition) is 2. The first kappa shape index (κ1) is 31.3. The number of carbonyl (C=O) groups is 3. The van der Waals surface area contributed by atoms with Crippen LogP contribution in [0.3, 0.4) is 0 Å². The molecule has 0 unspecified atom stereocenters. The normalized spacial score (nSPS) is 28.1. The Kier molecular flexibility index (Phi) is 12.2. The Balaban J connectivity index is 1.19. The molecule has 4 amide bonds. The fraction of sp³-hybridized carbons (Fsp3) is 0.909. The molecule has 1 saturated heterocycles. The van der Waals surface area contributed by atoms with Crippen LogP contribution >= 0.6 is 0 Å². The van der Waals surface area contributed by atoms with Gasteiger partial charge in [-0.3, -0.25) is 14.5 Å². The minimum absolute atomic E-state index is 0.0278. The second-order valence-electron chi connectivity index (χ2n) is 13.9. The molecule has 40 heavy (non-hydrogen) atoms. The summed E-state index contributed by atoms with van der Waals surface area (Å²) in [7, 11) is 0. The van der Waals surface area contributed by atoms with Gasteiger partial charge in [0.2, 0.25) is 5.91 Å². The summed E-state index contributed by atoms with van der Waals surface area (Å²) in [6.45, 7) is 3.46. The number of unbranched alkanes of at least 4 members (excludes halogenated alkanes) is 11. The number of hydrogen-bond acceptors (Lipinski definition) is 4. The highest BCUT2D eigenvalue weighted by atomic mass is 16.2. The van der Waals surface area contributed by atoms with E-state index >= 15 is 0 Å². The van der Waals surface area contributed by atoms with E-state index in [1.807, 2.05) is 0 Å². The van der Waals surface area contributed by atoms with Gasteiger partial charge in [-0.2, -0.15) is 0 Å². The van der Waals surface area contributed by atoms with Crippen molar-refractivity contribution in [2.45, 2.75) is 153 Å². The Morgan fingerprint density at radius 2 is 1.40 bits per heavy atom. The highest BCUT2D eigenvalue weighted by Crippen LogP contribution is 2.58. The van der Waals surface area contributed by atoms with Crippen molar-refractivity contribution < 1.29 is 14.4 Å². The molecule has 1 atom stereocenters. The van der Waals surface area contributed by atoms with Gasteiger partial charge in [0.05, 0.1) is 5.54 Å². The van der Waals surface area contributed by atoms with Gasteiger partial charge < -0.3 is 16.0 Å². The molecule has 228 valence electrons. The van der Waals surface area contributed by atoms with Crippen molar-refractivity contribution in [3.05, 3.63) is 0 Å². The molecule has 4 saturated carbocycles. The number of imide groups is 1. The second kappa shape index (κ2) is 15.6. The number of nitrogens with two attached hydrogens (primary N) is 1. The number of nitrogens with zero attached hydrogens (tertiary/aromatic N) is 2. The summed E-state index contributed by atoms with van der Waals surface area (Å²) in [6, 6.07) is -0.241. The number of carbonyl (C=O) groups excluding carboxylic acids is 3. The molecular formula is C33H58N4O3. The van der Waals surface area contributed by atoms with Gasteiger partial charge in [-0.05, 0) is 82.1 Å². The van der Waals surface area contributed by atoms with Crippen molar-refractivity contribution >= 4 is 17.8 Å². The predicted molar refractivity (Wildman–Crippen MR) is 161 cm³/mol. The first-order chi connectivity index (χ1) is 19.4. The van der Waals surface area contributed by atoms with E-state index in [1.54, 1.807) is 9.80 Å². The van der Waals surface area contributed by atoms with Crippen LogP contribution in [0.4, 0.5) is 4.79 Å². The van der Waals surface area contributed by atoms with Crippen LogP contribution in [0.2, 0.25) is 0 Å². The molecule has 5 fully saturated rings. The monoisotopic (exact) mass is 558 g/mol. The van der Waals surface area contributed by atoms with E-state index in [4.69, 9.17) is 5.73 Å². The third-order valence-corrected chi connectivity index (χ3v) is 10.3. The molecule has 3 N–H and O–H groups in total. The molecule has 1 heterocycles. The van der Waals surface area contributed by atoms with E-state index in [9.17, 15) is 14.4 Å². The van der Waals surface area contributed by atoms with Crippen molar-refractivity contribution in [1.82, 2.24) is 15.1 Å². The first-order valence-electron chi connectivity index (χ1n) is 17.1. The molecule has 7 heteroatoms. The van der Waals surface area contributed by atoms with Crippen molar-refractivity contribution in [3.8, 4) is 0 Å². The summed E-state index contributed by atoms with van der Waals surface area (Å²) in [5.74, 6) is 2.09. The van der Waals surface area contributed by atoms with E-state index in [2.05, 4.69) is 12.2 Å². The van der Waals surface area contributed by atoms with E-state index in [1.165, 1.54) is 77.0 Å². The average Bonchev–Trinajstić information content (AvgIpc) is 3.19. The third-order valence-electron chi connectivity index (χ3n) is 10.3. The largest absolute Gasteiger partial charge is 0.352 e. The molecule has 0 spiro atoms. The molecular weight excluding hydrogens is 500 g/mol. The molecule has 5 aliphatic rings. The second-order valence-corrected chi connectivity index (χ2v) is 13.9. The molecule has 0 aromatic carbocycles. The maximum absolute atomic E-state index is 13.7. The smallest absolute Gasteiger partial charge is 0.327 e. The molecule has 7 nitrogen and oxygen atoms in total. The van der Waals surface area contributed by atoms with Crippen molar-refractivity contribution in [3.63, 3.8) is 0 Å². The van der Waals surface area contributed by atoms with Crippen LogP contribution in [0.5, 0.6) is 0 Å². The minimum Gasteiger partial charge on any atom is -0.352 e. The van der Waals surface area contributed by atoms with E-state index in [0.29, 0.717) is 37.3 Å². The molecule has 0 radical (unpaired) electrons. The van der Waals surface area contributed by atoms with Gasteiger partial charge in [-0.25, -0.2) is 4.79 Å². The summed E-state index contributed by atoms with van der Waals surface area (Å²) >= 11 is 0. The third kappa shape index (κ3) is 8.45. The van der Waals surface area contributed by atoms with Crippen molar-refractivity contribution in [1.29, 1.82) is 0 Å². The topological polar surface area (TPSA) is 95.7 Å². The van der Waals surface area contributed by atoms with Crippen LogP contribution in [0.15, 0.2) is 0 Å². The Bertz CT molecular complexity index is 795. The number of urea groups is 1. The zero-order valence-corrected chi connectivity index (χ0v) is 25.5. The average molecular weight is 559 g/mol. The summed E-state index contributed by atoms with van der Waals surface area (Å²) in [5, 5.41) is 3.22. The van der Waals surface area contributed by atoms with Crippen LogP contribution < -0.4 is 11.1 Å². The lowest BCUT2D eigenvalue weighted by Gasteiger charge is -2.58. The zero-order chi connectivity index (χ0) is 28.4. The highest BCUT2D eigenvalue weighted by molar-refractivity contribution is 6.03. The maximum atomic E-state index is 13.7. The number of nitrogens with one attached hydrogen (secondary N) is 1. The van der Waals surface area contributed by atoms with Crippen molar-refractivity contribution in [2.75, 3.05) is 19.6 Å². The molecule has 4 aliphatic carbocycles. The predicted octanol–water partition coefficient (Wildman–Crippen LogP) is 6.53. The Morgan fingerprint density at radius 3 is 1.95 bits per heavy atom. The maximum Gasteiger partial charge on any atom is 0.327 e. The Morgan fingerprint density at radius 1 is 0.850 bits per heavy atom.